The minimum absolute atomic E-state index is 0.196. The van der Waals surface area contributed by atoms with Crippen LogP contribution in [0.25, 0.3) is 0 Å². The standard InChI is InChI=1S/C25H41BN2O5/c1-22(2,3)30-20-16-17(26-32-24(7,8)25(9,10)33-26)15-18(27-20)19-13-11-12-14-28(19)21(29)31-23(4,5)6/h15-16,19H,11-14H2,1-10H3. The number of pyridine rings is 1. The lowest BCUT2D eigenvalue weighted by molar-refractivity contribution is 0.00578. The molecule has 8 heteroatoms. The molecule has 0 N–H and O–H groups in total. The van der Waals surface area contributed by atoms with E-state index in [0.717, 1.165) is 30.4 Å². The molecule has 1 amide bonds. The Bertz CT molecular complexity index is 857. The van der Waals surface area contributed by atoms with Gasteiger partial charge in [0.05, 0.1) is 22.9 Å². The van der Waals surface area contributed by atoms with Gasteiger partial charge in [0.25, 0.3) is 0 Å². The molecule has 3 heterocycles. The van der Waals surface area contributed by atoms with Gasteiger partial charge in [-0.15, -0.1) is 0 Å². The lowest BCUT2D eigenvalue weighted by Crippen LogP contribution is -2.43. The first-order valence-corrected chi connectivity index (χ1v) is 12.0. The third kappa shape index (κ3) is 6.21. The van der Waals surface area contributed by atoms with E-state index in [0.29, 0.717) is 12.4 Å². The van der Waals surface area contributed by atoms with Crippen molar-refractivity contribution < 1.29 is 23.6 Å². The molecule has 0 bridgehead atoms. The summed E-state index contributed by atoms with van der Waals surface area (Å²) < 4.78 is 24.5. The van der Waals surface area contributed by atoms with Crippen LogP contribution in [0.4, 0.5) is 4.79 Å². The Hall–Kier alpha value is -1.80. The van der Waals surface area contributed by atoms with E-state index in [9.17, 15) is 4.79 Å². The molecule has 0 saturated carbocycles. The number of ether oxygens (including phenoxy) is 2. The Labute approximate surface area is 199 Å². The maximum Gasteiger partial charge on any atom is 0.495 e. The van der Waals surface area contributed by atoms with Gasteiger partial charge in [0, 0.05) is 12.6 Å². The number of likely N-dealkylation sites (tertiary alicyclic amines) is 1. The third-order valence-corrected chi connectivity index (χ3v) is 6.25. The average molecular weight is 460 g/mol. The average Bonchev–Trinajstić information content (AvgIpc) is 2.86. The van der Waals surface area contributed by atoms with Gasteiger partial charge in [-0.2, -0.15) is 0 Å². The molecule has 1 atom stereocenters. The Morgan fingerprint density at radius 1 is 1.03 bits per heavy atom. The van der Waals surface area contributed by atoms with E-state index < -0.39 is 29.5 Å². The van der Waals surface area contributed by atoms with E-state index in [1.54, 1.807) is 4.90 Å². The van der Waals surface area contributed by atoms with Crippen LogP contribution in [0.15, 0.2) is 12.1 Å². The van der Waals surface area contributed by atoms with Gasteiger partial charge in [-0.25, -0.2) is 9.78 Å². The summed E-state index contributed by atoms with van der Waals surface area (Å²) >= 11 is 0. The molecular formula is C25H41BN2O5. The maximum atomic E-state index is 13.0. The molecule has 1 aromatic heterocycles. The fourth-order valence-corrected chi connectivity index (χ4v) is 3.98. The second-order valence-electron chi connectivity index (χ2n) is 12.2. The predicted molar refractivity (Wildman–Crippen MR) is 130 cm³/mol. The first-order valence-electron chi connectivity index (χ1n) is 12.0. The predicted octanol–water partition coefficient (Wildman–Crippen LogP) is 5.02. The fourth-order valence-electron chi connectivity index (χ4n) is 3.98. The van der Waals surface area contributed by atoms with Crippen LogP contribution in [0.3, 0.4) is 0 Å². The molecule has 2 aliphatic rings. The highest BCUT2D eigenvalue weighted by Gasteiger charge is 2.52. The Morgan fingerprint density at radius 3 is 2.18 bits per heavy atom. The molecule has 0 spiro atoms. The van der Waals surface area contributed by atoms with Crippen molar-refractivity contribution >= 4 is 18.7 Å². The normalized spacial score (nSPS) is 22.9. The van der Waals surface area contributed by atoms with Crippen molar-refractivity contribution in [2.75, 3.05) is 6.54 Å². The van der Waals surface area contributed by atoms with Crippen LogP contribution < -0.4 is 10.2 Å². The highest BCUT2D eigenvalue weighted by atomic mass is 16.7. The molecule has 2 saturated heterocycles. The van der Waals surface area contributed by atoms with Crippen LogP contribution >= 0.6 is 0 Å². The number of hydrogen-bond acceptors (Lipinski definition) is 6. The number of rotatable bonds is 3. The molecule has 0 aromatic carbocycles. The number of carbonyl (C=O) groups is 1. The van der Waals surface area contributed by atoms with E-state index in [2.05, 4.69) is 0 Å². The third-order valence-electron chi connectivity index (χ3n) is 6.25. The molecule has 1 aromatic rings. The van der Waals surface area contributed by atoms with Gasteiger partial charge in [0.1, 0.15) is 11.2 Å². The second-order valence-corrected chi connectivity index (χ2v) is 12.2. The Morgan fingerprint density at radius 2 is 1.64 bits per heavy atom. The lowest BCUT2D eigenvalue weighted by Gasteiger charge is -2.36. The van der Waals surface area contributed by atoms with Crippen LogP contribution in [0.1, 0.15) is 100 Å². The van der Waals surface area contributed by atoms with Crippen molar-refractivity contribution in [1.29, 1.82) is 0 Å². The quantitative estimate of drug-likeness (QED) is 0.590. The summed E-state index contributed by atoms with van der Waals surface area (Å²) in [5.74, 6) is 0.499. The number of hydrogen-bond donors (Lipinski definition) is 0. The molecule has 3 rings (SSSR count). The Balaban J connectivity index is 2.00. The first kappa shape index (κ1) is 25.8. The second kappa shape index (κ2) is 8.77. The molecule has 7 nitrogen and oxygen atoms in total. The van der Waals surface area contributed by atoms with Crippen molar-refractivity contribution in [1.82, 2.24) is 9.88 Å². The molecule has 2 aliphatic heterocycles. The zero-order chi connectivity index (χ0) is 24.8. The SMILES string of the molecule is CC(C)(C)OC(=O)N1CCCCC1c1cc(B2OC(C)(C)C(C)(C)O2)cc(OC(C)(C)C)n1. The van der Waals surface area contributed by atoms with Gasteiger partial charge in [-0.3, -0.25) is 4.90 Å². The highest BCUT2D eigenvalue weighted by Crippen LogP contribution is 2.37. The summed E-state index contributed by atoms with van der Waals surface area (Å²) in [6, 6.07) is 3.68. The summed E-state index contributed by atoms with van der Waals surface area (Å²) in [5, 5.41) is 0. The zero-order valence-corrected chi connectivity index (χ0v) is 22.1. The number of amides is 1. The van der Waals surface area contributed by atoms with E-state index in [4.69, 9.17) is 23.8 Å². The Kier molecular flexibility index (Phi) is 6.86. The van der Waals surface area contributed by atoms with Crippen molar-refractivity contribution in [3.63, 3.8) is 0 Å². The minimum Gasteiger partial charge on any atom is -0.472 e. The zero-order valence-electron chi connectivity index (χ0n) is 22.1. The minimum atomic E-state index is -0.558. The smallest absolute Gasteiger partial charge is 0.472 e. The molecular weight excluding hydrogens is 419 g/mol. The molecule has 184 valence electrons. The van der Waals surface area contributed by atoms with Gasteiger partial charge < -0.3 is 18.8 Å². The van der Waals surface area contributed by atoms with Gasteiger partial charge >= 0.3 is 13.2 Å². The molecule has 2 fully saturated rings. The molecule has 1 unspecified atom stereocenters. The van der Waals surface area contributed by atoms with Crippen LogP contribution in [0.5, 0.6) is 5.88 Å². The van der Waals surface area contributed by atoms with E-state index in [1.807, 2.05) is 81.4 Å². The topological polar surface area (TPSA) is 70.1 Å². The largest absolute Gasteiger partial charge is 0.495 e. The van der Waals surface area contributed by atoms with Crippen molar-refractivity contribution in [2.45, 2.75) is 117 Å². The molecule has 0 aliphatic carbocycles. The fraction of sp³-hybridized carbons (Fsp3) is 0.760. The van der Waals surface area contributed by atoms with Crippen LogP contribution in [-0.4, -0.2) is 52.0 Å². The van der Waals surface area contributed by atoms with Gasteiger partial charge in [-0.05, 0) is 100 Å². The monoisotopic (exact) mass is 460 g/mol. The molecule has 0 radical (unpaired) electrons. The van der Waals surface area contributed by atoms with Crippen molar-refractivity contribution in [3.8, 4) is 5.88 Å². The van der Waals surface area contributed by atoms with E-state index in [-0.39, 0.29) is 12.1 Å². The van der Waals surface area contributed by atoms with Gasteiger partial charge in [-0.1, -0.05) is 0 Å². The first-order chi connectivity index (χ1) is 15.0. The summed E-state index contributed by atoms with van der Waals surface area (Å²) in [4.78, 5) is 19.6. The molecule has 33 heavy (non-hydrogen) atoms. The number of nitrogens with zero attached hydrogens (tertiary/aromatic N) is 2. The summed E-state index contributed by atoms with van der Waals surface area (Å²) in [6.07, 6.45) is 2.46. The maximum absolute atomic E-state index is 13.0. The van der Waals surface area contributed by atoms with Crippen LogP contribution in [0.2, 0.25) is 0 Å². The van der Waals surface area contributed by atoms with Crippen LogP contribution in [0, 0.1) is 0 Å². The van der Waals surface area contributed by atoms with Gasteiger partial charge in [0.2, 0.25) is 5.88 Å². The van der Waals surface area contributed by atoms with Crippen molar-refractivity contribution in [2.24, 2.45) is 0 Å². The van der Waals surface area contributed by atoms with E-state index in [1.165, 1.54) is 0 Å². The number of piperidine rings is 1. The van der Waals surface area contributed by atoms with Crippen LogP contribution in [-0.2, 0) is 14.0 Å². The summed E-state index contributed by atoms with van der Waals surface area (Å²) in [7, 11) is -0.544. The highest BCUT2D eigenvalue weighted by molar-refractivity contribution is 6.62. The summed E-state index contributed by atoms with van der Waals surface area (Å²) in [6.45, 7) is 20.4. The van der Waals surface area contributed by atoms with Crippen molar-refractivity contribution in [3.05, 3.63) is 17.8 Å². The van der Waals surface area contributed by atoms with Gasteiger partial charge in [0.15, 0.2) is 0 Å². The summed E-state index contributed by atoms with van der Waals surface area (Å²) in [5.41, 5.74) is -0.285. The number of aromatic nitrogens is 1. The van der Waals surface area contributed by atoms with E-state index >= 15 is 0 Å². The number of carbonyl (C=O) groups excluding carboxylic acids is 1. The lowest BCUT2D eigenvalue weighted by atomic mass is 9.78.